The molecule has 2 saturated carbocycles. The van der Waals surface area contributed by atoms with E-state index in [2.05, 4.69) is 11.1 Å². The molecule has 3 aromatic rings. The third-order valence-electron chi connectivity index (χ3n) is 7.17. The van der Waals surface area contributed by atoms with Gasteiger partial charge in [0.05, 0.1) is 23.2 Å². The minimum atomic E-state index is -3.65. The van der Waals surface area contributed by atoms with Crippen LogP contribution < -0.4 is 10.5 Å². The van der Waals surface area contributed by atoms with E-state index in [1.165, 1.54) is 4.31 Å². The molecule has 9 heteroatoms. The molecule has 0 radical (unpaired) electrons. The van der Waals surface area contributed by atoms with E-state index in [0.29, 0.717) is 30.1 Å². The average molecular weight is 556 g/mol. The molecular formula is C29H34ClN3O4S. The monoisotopic (exact) mass is 555 g/mol. The first-order valence-electron chi connectivity index (χ1n) is 13.1. The van der Waals surface area contributed by atoms with Crippen molar-refractivity contribution in [3.05, 3.63) is 77.1 Å². The summed E-state index contributed by atoms with van der Waals surface area (Å²) < 4.78 is 40.3. The number of nitrogens with zero attached hydrogens (tertiary/aromatic N) is 2. The Morgan fingerprint density at radius 2 is 1.89 bits per heavy atom. The summed E-state index contributed by atoms with van der Waals surface area (Å²) in [5.41, 5.74) is 8.75. The first kappa shape index (κ1) is 27.1. The van der Waals surface area contributed by atoms with Crippen molar-refractivity contribution in [2.24, 2.45) is 5.73 Å². The molecule has 7 nitrogen and oxygen atoms in total. The van der Waals surface area contributed by atoms with E-state index in [-0.39, 0.29) is 17.6 Å². The third-order valence-corrected chi connectivity index (χ3v) is 9.39. The summed E-state index contributed by atoms with van der Waals surface area (Å²) in [4.78, 5) is 4.61. The van der Waals surface area contributed by atoms with Crippen LogP contribution in [0.5, 0.6) is 5.75 Å². The van der Waals surface area contributed by atoms with Crippen molar-refractivity contribution in [1.29, 1.82) is 0 Å². The normalized spacial score (nSPS) is 16.5. The molecule has 0 bridgehead atoms. The standard InChI is InChI=1S/C29H34ClN3O4S/c1-33(17-5-4-15-31)38(34,35)23-10-11-27(30)21(18-23)20-36-29(13-14-29)26-19-32-16-12-24(26)25-6-2-3-7-28(25)37-22-8-9-22/h2-3,6-7,10-12,16,18-19,22H,4-5,8-9,13-15,17,20,31H2,1H3. The van der Waals surface area contributed by atoms with Gasteiger partial charge in [0.1, 0.15) is 5.75 Å². The number of benzene rings is 2. The van der Waals surface area contributed by atoms with Crippen LogP contribution in [0.2, 0.25) is 5.02 Å². The number of nitrogens with two attached hydrogens (primary N) is 1. The average Bonchev–Trinajstić information content (AvgIpc) is 3.86. The van der Waals surface area contributed by atoms with Gasteiger partial charge in [0.15, 0.2) is 0 Å². The number of aromatic nitrogens is 1. The summed E-state index contributed by atoms with van der Waals surface area (Å²) in [6, 6.07) is 14.9. The predicted molar refractivity (Wildman–Crippen MR) is 149 cm³/mol. The summed E-state index contributed by atoms with van der Waals surface area (Å²) in [5.74, 6) is 0.870. The highest BCUT2D eigenvalue weighted by molar-refractivity contribution is 7.89. The first-order valence-corrected chi connectivity index (χ1v) is 15.0. The Balaban J connectivity index is 1.37. The number of unbranched alkanes of at least 4 members (excludes halogenated alkanes) is 1. The second-order valence-electron chi connectivity index (χ2n) is 10.1. The van der Waals surface area contributed by atoms with Crippen molar-refractivity contribution < 1.29 is 17.9 Å². The van der Waals surface area contributed by atoms with E-state index in [1.54, 1.807) is 31.4 Å². The molecule has 1 heterocycles. The number of hydrogen-bond donors (Lipinski definition) is 1. The molecule has 202 valence electrons. The van der Waals surface area contributed by atoms with Gasteiger partial charge in [-0.2, -0.15) is 0 Å². The second-order valence-corrected chi connectivity index (χ2v) is 12.5. The SMILES string of the molecule is CN(CCCCN)S(=O)(=O)c1ccc(Cl)c(COC2(c3cnccc3-c3ccccc3OC3CC3)CC2)c1. The topological polar surface area (TPSA) is 94.8 Å². The van der Waals surface area contributed by atoms with Crippen molar-refractivity contribution in [3.63, 3.8) is 0 Å². The minimum Gasteiger partial charge on any atom is -0.490 e. The molecule has 38 heavy (non-hydrogen) atoms. The molecule has 0 atom stereocenters. The molecule has 0 spiro atoms. The second kappa shape index (κ2) is 11.3. The molecule has 0 unspecified atom stereocenters. The van der Waals surface area contributed by atoms with Crippen LogP contribution in [0.25, 0.3) is 11.1 Å². The van der Waals surface area contributed by atoms with Gasteiger partial charge >= 0.3 is 0 Å². The summed E-state index contributed by atoms with van der Waals surface area (Å²) in [7, 11) is -2.06. The molecule has 0 amide bonds. The maximum atomic E-state index is 13.1. The van der Waals surface area contributed by atoms with Gasteiger partial charge in [0.25, 0.3) is 0 Å². The molecule has 0 saturated heterocycles. The Kier molecular flexibility index (Phi) is 8.07. The molecular weight excluding hydrogens is 522 g/mol. The number of pyridine rings is 1. The van der Waals surface area contributed by atoms with Gasteiger partial charge in [-0.1, -0.05) is 29.8 Å². The van der Waals surface area contributed by atoms with Crippen molar-refractivity contribution in [2.45, 2.75) is 61.7 Å². The highest BCUT2D eigenvalue weighted by atomic mass is 35.5. The Morgan fingerprint density at radius 1 is 1.11 bits per heavy atom. The number of sulfonamides is 1. The van der Waals surface area contributed by atoms with Gasteiger partial charge in [0.2, 0.25) is 10.0 Å². The van der Waals surface area contributed by atoms with E-state index in [1.807, 2.05) is 30.5 Å². The summed E-state index contributed by atoms with van der Waals surface area (Å²) in [5, 5.41) is 0.472. The highest BCUT2D eigenvalue weighted by Crippen LogP contribution is 2.53. The number of para-hydroxylation sites is 1. The lowest BCUT2D eigenvalue weighted by atomic mass is 9.96. The first-order chi connectivity index (χ1) is 18.3. The number of halogens is 1. The van der Waals surface area contributed by atoms with E-state index >= 15 is 0 Å². The Hall–Kier alpha value is -2.49. The fourth-order valence-electron chi connectivity index (χ4n) is 4.57. The van der Waals surface area contributed by atoms with Crippen molar-refractivity contribution in [3.8, 4) is 16.9 Å². The van der Waals surface area contributed by atoms with E-state index in [0.717, 1.165) is 54.5 Å². The summed E-state index contributed by atoms with van der Waals surface area (Å²) >= 11 is 6.49. The van der Waals surface area contributed by atoms with Crippen LogP contribution in [0.4, 0.5) is 0 Å². The quantitative estimate of drug-likeness (QED) is 0.279. The number of ether oxygens (including phenoxy) is 2. The van der Waals surface area contributed by atoms with Gasteiger partial charge in [-0.05, 0) is 86.5 Å². The van der Waals surface area contributed by atoms with E-state index in [4.69, 9.17) is 26.8 Å². The van der Waals surface area contributed by atoms with Crippen molar-refractivity contribution in [2.75, 3.05) is 20.1 Å². The molecule has 2 aliphatic rings. The molecule has 2 N–H and O–H groups in total. The zero-order chi connectivity index (χ0) is 26.8. The smallest absolute Gasteiger partial charge is 0.242 e. The van der Waals surface area contributed by atoms with Gasteiger partial charge in [-0.25, -0.2) is 12.7 Å². The van der Waals surface area contributed by atoms with Crippen LogP contribution in [0, 0.1) is 0 Å². The fraction of sp³-hybridized carbons (Fsp3) is 0.414. The molecule has 2 fully saturated rings. The lowest BCUT2D eigenvalue weighted by Gasteiger charge is -2.22. The summed E-state index contributed by atoms with van der Waals surface area (Å²) in [6.07, 6.45) is 9.29. The van der Waals surface area contributed by atoms with Crippen LogP contribution >= 0.6 is 11.6 Å². The Morgan fingerprint density at radius 3 is 2.63 bits per heavy atom. The van der Waals surface area contributed by atoms with E-state index in [9.17, 15) is 8.42 Å². The van der Waals surface area contributed by atoms with Crippen LogP contribution in [-0.4, -0.2) is 43.9 Å². The Labute approximate surface area is 230 Å². The zero-order valence-corrected chi connectivity index (χ0v) is 23.2. The van der Waals surface area contributed by atoms with Crippen LogP contribution in [0.1, 0.15) is 49.7 Å². The molecule has 2 aromatic carbocycles. The Bertz CT molecular complexity index is 1390. The van der Waals surface area contributed by atoms with E-state index < -0.39 is 15.6 Å². The van der Waals surface area contributed by atoms with Gasteiger partial charge < -0.3 is 15.2 Å². The number of rotatable bonds is 13. The zero-order valence-electron chi connectivity index (χ0n) is 21.6. The lowest BCUT2D eigenvalue weighted by molar-refractivity contribution is 0.0173. The van der Waals surface area contributed by atoms with Crippen LogP contribution in [0.3, 0.4) is 0 Å². The maximum absolute atomic E-state index is 13.1. The van der Waals surface area contributed by atoms with Crippen LogP contribution in [0.15, 0.2) is 65.8 Å². The van der Waals surface area contributed by atoms with Crippen molar-refractivity contribution >= 4 is 21.6 Å². The highest BCUT2D eigenvalue weighted by Gasteiger charge is 2.48. The predicted octanol–water partition coefficient (Wildman–Crippen LogP) is 5.51. The fourth-order valence-corrected chi connectivity index (χ4v) is 6.00. The van der Waals surface area contributed by atoms with Gasteiger partial charge in [-0.15, -0.1) is 0 Å². The maximum Gasteiger partial charge on any atom is 0.242 e. The summed E-state index contributed by atoms with van der Waals surface area (Å²) in [6.45, 7) is 1.14. The molecule has 5 rings (SSSR count). The third kappa shape index (κ3) is 5.90. The minimum absolute atomic E-state index is 0.188. The van der Waals surface area contributed by atoms with Gasteiger partial charge in [0, 0.05) is 42.1 Å². The lowest BCUT2D eigenvalue weighted by Crippen LogP contribution is -2.28. The molecule has 0 aliphatic heterocycles. The molecule has 2 aliphatic carbocycles. The molecule has 1 aromatic heterocycles. The van der Waals surface area contributed by atoms with Gasteiger partial charge in [-0.3, -0.25) is 4.98 Å². The van der Waals surface area contributed by atoms with Crippen LogP contribution in [-0.2, 0) is 27.0 Å². The largest absolute Gasteiger partial charge is 0.490 e. The van der Waals surface area contributed by atoms with Crippen molar-refractivity contribution in [1.82, 2.24) is 9.29 Å². The number of hydrogen-bond acceptors (Lipinski definition) is 6.